The molecule has 1 aromatic heterocycles. The first kappa shape index (κ1) is 15.2. The zero-order valence-corrected chi connectivity index (χ0v) is 12.4. The first-order chi connectivity index (χ1) is 9.88. The van der Waals surface area contributed by atoms with Crippen molar-refractivity contribution in [3.05, 3.63) is 34.6 Å². The highest BCUT2D eigenvalue weighted by molar-refractivity contribution is 6.30. The number of aliphatic carboxylic acids is 1. The summed E-state index contributed by atoms with van der Waals surface area (Å²) in [4.78, 5) is 22.9. The Morgan fingerprint density at radius 3 is 2.57 bits per heavy atom. The van der Waals surface area contributed by atoms with E-state index in [2.05, 4.69) is 10.2 Å². The summed E-state index contributed by atoms with van der Waals surface area (Å²) in [7, 11) is 1.31. The van der Waals surface area contributed by atoms with E-state index in [1.807, 2.05) is 0 Å². The minimum atomic E-state index is -1.30. The number of hydrogen-bond donors (Lipinski definition) is 1. The first-order valence-corrected chi connectivity index (χ1v) is 6.52. The summed E-state index contributed by atoms with van der Waals surface area (Å²) in [6.45, 7) is 3.49. The Morgan fingerprint density at radius 1 is 1.33 bits per heavy atom. The smallest absolute Gasteiger partial charge is 0.338 e. The second kappa shape index (κ2) is 5.65. The fourth-order valence-electron chi connectivity index (χ4n) is 2.30. The van der Waals surface area contributed by atoms with Crippen molar-refractivity contribution in [2.45, 2.75) is 19.2 Å². The average Bonchev–Trinajstić information content (AvgIpc) is 2.45. The molecule has 0 saturated heterocycles. The van der Waals surface area contributed by atoms with Crippen LogP contribution in [0.2, 0.25) is 0 Å². The van der Waals surface area contributed by atoms with E-state index >= 15 is 0 Å². The number of halogens is 1. The standard InChI is InChI=1S/C14H13ClN2O4/c1-6-4-8-9(7(2)10(6)14(20)21-3)5-16-17-12(8)11(15)13(18)19/h4-5,11H,1-3H3,(H,18,19). The van der Waals surface area contributed by atoms with Crippen molar-refractivity contribution in [3.8, 4) is 0 Å². The van der Waals surface area contributed by atoms with Crippen molar-refractivity contribution in [2.75, 3.05) is 7.11 Å². The van der Waals surface area contributed by atoms with Crippen molar-refractivity contribution < 1.29 is 19.4 Å². The lowest BCUT2D eigenvalue weighted by atomic mass is 9.95. The van der Waals surface area contributed by atoms with Gasteiger partial charge in [0, 0.05) is 10.8 Å². The largest absolute Gasteiger partial charge is 0.480 e. The van der Waals surface area contributed by atoms with E-state index in [1.165, 1.54) is 13.3 Å². The highest BCUT2D eigenvalue weighted by atomic mass is 35.5. The molecule has 6 nitrogen and oxygen atoms in total. The Hall–Kier alpha value is -2.21. The van der Waals surface area contributed by atoms with Crippen LogP contribution in [0.25, 0.3) is 10.8 Å². The zero-order chi connectivity index (χ0) is 15.7. The lowest BCUT2D eigenvalue weighted by Crippen LogP contribution is -2.11. The van der Waals surface area contributed by atoms with E-state index in [-0.39, 0.29) is 5.69 Å². The highest BCUT2D eigenvalue weighted by Gasteiger charge is 2.24. The maximum Gasteiger partial charge on any atom is 0.338 e. The number of carbonyl (C=O) groups excluding carboxylic acids is 1. The molecule has 1 N–H and O–H groups in total. The van der Waals surface area contributed by atoms with Crippen LogP contribution in [0.15, 0.2) is 12.3 Å². The SMILES string of the molecule is COC(=O)c1c(C)cc2c(C(Cl)C(=O)O)nncc2c1C. The van der Waals surface area contributed by atoms with Crippen molar-refractivity contribution in [2.24, 2.45) is 0 Å². The third-order valence-electron chi connectivity index (χ3n) is 3.30. The fraction of sp³-hybridized carbons (Fsp3) is 0.286. The quantitative estimate of drug-likeness (QED) is 0.691. The summed E-state index contributed by atoms with van der Waals surface area (Å²) in [5, 5.41) is 16.5. The molecule has 0 radical (unpaired) electrons. The average molecular weight is 309 g/mol. The molecule has 1 aromatic carbocycles. The lowest BCUT2D eigenvalue weighted by Gasteiger charge is -2.13. The van der Waals surface area contributed by atoms with Crippen molar-refractivity contribution >= 4 is 34.3 Å². The number of fused-ring (bicyclic) bond motifs is 1. The predicted octanol–water partition coefficient (Wildman–Crippen LogP) is 2.40. The second-order valence-corrected chi connectivity index (χ2v) is 5.01. The van der Waals surface area contributed by atoms with Gasteiger partial charge in [0.25, 0.3) is 0 Å². The van der Waals surface area contributed by atoms with Gasteiger partial charge < -0.3 is 9.84 Å². The van der Waals surface area contributed by atoms with Gasteiger partial charge in [0.1, 0.15) is 5.69 Å². The molecule has 1 unspecified atom stereocenters. The van der Waals surface area contributed by atoms with E-state index < -0.39 is 17.3 Å². The number of ether oxygens (including phenoxy) is 1. The van der Waals surface area contributed by atoms with E-state index in [4.69, 9.17) is 21.4 Å². The van der Waals surface area contributed by atoms with Crippen molar-refractivity contribution in [3.63, 3.8) is 0 Å². The van der Waals surface area contributed by atoms with Crippen molar-refractivity contribution in [1.82, 2.24) is 10.2 Å². The molecule has 0 saturated carbocycles. The van der Waals surface area contributed by atoms with Crippen LogP contribution in [-0.4, -0.2) is 34.4 Å². The normalized spacial score (nSPS) is 12.2. The number of aryl methyl sites for hydroxylation is 2. The monoisotopic (exact) mass is 308 g/mol. The molecule has 110 valence electrons. The molecule has 21 heavy (non-hydrogen) atoms. The van der Waals surface area contributed by atoms with E-state index in [0.29, 0.717) is 27.5 Å². The van der Waals surface area contributed by atoms with Crippen LogP contribution < -0.4 is 0 Å². The highest BCUT2D eigenvalue weighted by Crippen LogP contribution is 2.31. The van der Waals surface area contributed by atoms with Crippen LogP contribution in [0.1, 0.15) is 32.6 Å². The number of carboxylic acids is 1. The predicted molar refractivity (Wildman–Crippen MR) is 76.6 cm³/mol. The van der Waals surface area contributed by atoms with Gasteiger partial charge in [-0.05, 0) is 31.0 Å². The van der Waals surface area contributed by atoms with E-state index in [0.717, 1.165) is 0 Å². The maximum absolute atomic E-state index is 11.8. The molecular formula is C14H13ClN2O4. The van der Waals surface area contributed by atoms with Gasteiger partial charge >= 0.3 is 11.9 Å². The first-order valence-electron chi connectivity index (χ1n) is 6.09. The van der Waals surface area contributed by atoms with E-state index in [1.54, 1.807) is 19.9 Å². The van der Waals surface area contributed by atoms with Gasteiger partial charge in [-0.3, -0.25) is 4.79 Å². The van der Waals surface area contributed by atoms with Gasteiger partial charge in [-0.25, -0.2) is 4.79 Å². The molecule has 1 atom stereocenters. The van der Waals surface area contributed by atoms with Gasteiger partial charge in [-0.15, -0.1) is 11.6 Å². The Morgan fingerprint density at radius 2 is 2.00 bits per heavy atom. The molecule has 0 aliphatic rings. The number of carbonyl (C=O) groups is 2. The third kappa shape index (κ3) is 2.54. The Labute approximate surface area is 125 Å². The van der Waals surface area contributed by atoms with Gasteiger partial charge in [0.15, 0.2) is 5.38 Å². The number of methoxy groups -OCH3 is 1. The summed E-state index contributed by atoms with van der Waals surface area (Å²) >= 11 is 5.86. The molecule has 0 spiro atoms. The van der Waals surface area contributed by atoms with Gasteiger partial charge in [-0.1, -0.05) is 0 Å². The molecular weight excluding hydrogens is 296 g/mol. The fourth-order valence-corrected chi connectivity index (χ4v) is 2.46. The van der Waals surface area contributed by atoms with E-state index in [9.17, 15) is 9.59 Å². The van der Waals surface area contributed by atoms with Gasteiger partial charge in [0.05, 0.1) is 18.9 Å². The van der Waals surface area contributed by atoms with Crippen LogP contribution in [0, 0.1) is 13.8 Å². The summed E-state index contributed by atoms with van der Waals surface area (Å²) in [5.41, 5.74) is 1.91. The topological polar surface area (TPSA) is 89.4 Å². The molecule has 0 bridgehead atoms. The van der Waals surface area contributed by atoms with Crippen LogP contribution in [0.4, 0.5) is 0 Å². The van der Waals surface area contributed by atoms with Gasteiger partial charge in [-0.2, -0.15) is 10.2 Å². The molecule has 0 amide bonds. The number of nitrogens with zero attached hydrogens (tertiary/aromatic N) is 2. The van der Waals surface area contributed by atoms with Crippen LogP contribution in [-0.2, 0) is 9.53 Å². The minimum Gasteiger partial charge on any atom is -0.480 e. The van der Waals surface area contributed by atoms with Crippen molar-refractivity contribution in [1.29, 1.82) is 0 Å². The number of alkyl halides is 1. The molecule has 2 rings (SSSR count). The Balaban J connectivity index is 2.80. The van der Waals surface area contributed by atoms with Crippen LogP contribution >= 0.6 is 11.6 Å². The summed E-state index contributed by atoms with van der Waals surface area (Å²) in [5.74, 6) is -1.66. The molecule has 7 heteroatoms. The van der Waals surface area contributed by atoms with Gasteiger partial charge in [0.2, 0.25) is 0 Å². The lowest BCUT2D eigenvalue weighted by molar-refractivity contribution is -0.136. The molecule has 0 fully saturated rings. The number of esters is 1. The number of carboxylic acid groups (broad SMARTS) is 1. The zero-order valence-electron chi connectivity index (χ0n) is 11.7. The Bertz CT molecular complexity index is 745. The number of aromatic nitrogens is 2. The molecule has 2 aromatic rings. The number of rotatable bonds is 3. The second-order valence-electron chi connectivity index (χ2n) is 4.58. The Kier molecular flexibility index (Phi) is 4.09. The summed E-state index contributed by atoms with van der Waals surface area (Å²) < 4.78 is 4.77. The summed E-state index contributed by atoms with van der Waals surface area (Å²) in [6, 6.07) is 1.68. The molecule has 1 heterocycles. The third-order valence-corrected chi connectivity index (χ3v) is 3.69. The minimum absolute atomic E-state index is 0.157. The van der Waals surface area contributed by atoms with Crippen LogP contribution in [0.3, 0.4) is 0 Å². The number of benzene rings is 1. The number of hydrogen-bond acceptors (Lipinski definition) is 5. The molecule has 0 aliphatic carbocycles. The van der Waals surface area contributed by atoms with Crippen LogP contribution in [0.5, 0.6) is 0 Å². The maximum atomic E-state index is 11.8. The molecule has 0 aliphatic heterocycles. The summed E-state index contributed by atoms with van der Waals surface area (Å²) in [6.07, 6.45) is 1.48.